The molecule has 3 rings (SSSR count). The Morgan fingerprint density at radius 1 is 1.27 bits per heavy atom. The molecule has 1 unspecified atom stereocenters. The van der Waals surface area contributed by atoms with Crippen LogP contribution in [0.3, 0.4) is 0 Å². The number of para-hydroxylation sites is 2. The van der Waals surface area contributed by atoms with Gasteiger partial charge in [-0.3, -0.25) is 4.79 Å². The number of rotatable bonds is 6. The van der Waals surface area contributed by atoms with Crippen molar-refractivity contribution >= 4 is 27.2 Å². The molecule has 2 aromatic rings. The standard InChI is InChI=1S/C17H20N4O4S/c1-2-25-15-6-4-3-5-13(15)21-17(22)14-9-19-16(10-18-14)20-12-7-8-26(23,24)11-12/h3-6,9-10,12H,2,7-8,11H2,1H3,(H,19,20)(H,21,22). The molecular weight excluding hydrogens is 356 g/mol. The lowest BCUT2D eigenvalue weighted by molar-refractivity contribution is 0.102. The second-order valence-corrected chi connectivity index (χ2v) is 8.14. The third-order valence-electron chi connectivity index (χ3n) is 3.90. The van der Waals surface area contributed by atoms with E-state index in [1.165, 1.54) is 12.4 Å². The normalized spacial score (nSPS) is 18.3. The topological polar surface area (TPSA) is 110 Å². The zero-order valence-corrected chi connectivity index (χ0v) is 15.1. The van der Waals surface area contributed by atoms with Crippen LogP contribution in [0.4, 0.5) is 11.5 Å². The van der Waals surface area contributed by atoms with E-state index in [9.17, 15) is 13.2 Å². The number of hydrogen-bond donors (Lipinski definition) is 2. The third-order valence-corrected chi connectivity index (χ3v) is 5.67. The van der Waals surface area contributed by atoms with Crippen molar-refractivity contribution in [3.05, 3.63) is 42.4 Å². The Kier molecular flexibility index (Phi) is 5.36. The molecule has 1 aromatic heterocycles. The van der Waals surface area contributed by atoms with Crippen molar-refractivity contribution in [2.45, 2.75) is 19.4 Å². The maximum absolute atomic E-state index is 12.3. The Morgan fingerprint density at radius 2 is 2.08 bits per heavy atom. The summed E-state index contributed by atoms with van der Waals surface area (Å²) in [6, 6.07) is 6.96. The smallest absolute Gasteiger partial charge is 0.275 e. The summed E-state index contributed by atoms with van der Waals surface area (Å²) in [4.78, 5) is 20.6. The quantitative estimate of drug-likeness (QED) is 0.790. The summed E-state index contributed by atoms with van der Waals surface area (Å²) in [5.41, 5.74) is 0.709. The van der Waals surface area contributed by atoms with Gasteiger partial charge in [0, 0.05) is 6.04 Å². The van der Waals surface area contributed by atoms with E-state index in [1.54, 1.807) is 18.2 Å². The summed E-state index contributed by atoms with van der Waals surface area (Å²) in [6.07, 6.45) is 3.32. The van der Waals surface area contributed by atoms with Crippen LogP contribution in [0.15, 0.2) is 36.7 Å². The molecule has 0 spiro atoms. The number of nitrogens with zero attached hydrogens (tertiary/aromatic N) is 2. The Morgan fingerprint density at radius 3 is 2.73 bits per heavy atom. The highest BCUT2D eigenvalue weighted by Gasteiger charge is 2.28. The van der Waals surface area contributed by atoms with Crippen LogP contribution in [0.2, 0.25) is 0 Å². The zero-order chi connectivity index (χ0) is 18.6. The minimum absolute atomic E-state index is 0.0884. The third kappa shape index (κ3) is 4.48. The van der Waals surface area contributed by atoms with Crippen LogP contribution in [-0.4, -0.2) is 48.4 Å². The molecule has 0 bridgehead atoms. The minimum Gasteiger partial charge on any atom is -0.492 e. The number of nitrogens with one attached hydrogen (secondary N) is 2. The minimum atomic E-state index is -2.97. The fourth-order valence-corrected chi connectivity index (χ4v) is 4.35. The average molecular weight is 376 g/mol. The van der Waals surface area contributed by atoms with Crippen LogP contribution in [-0.2, 0) is 9.84 Å². The summed E-state index contributed by atoms with van der Waals surface area (Å²) in [6.45, 7) is 2.36. The maximum atomic E-state index is 12.3. The Hall–Kier alpha value is -2.68. The van der Waals surface area contributed by atoms with Crippen molar-refractivity contribution in [1.82, 2.24) is 9.97 Å². The van der Waals surface area contributed by atoms with Crippen molar-refractivity contribution in [3.8, 4) is 5.75 Å². The number of hydrogen-bond acceptors (Lipinski definition) is 7. The van der Waals surface area contributed by atoms with Gasteiger partial charge in [0.05, 0.1) is 36.2 Å². The van der Waals surface area contributed by atoms with Crippen LogP contribution in [0, 0.1) is 0 Å². The van der Waals surface area contributed by atoms with E-state index in [2.05, 4.69) is 20.6 Å². The number of aromatic nitrogens is 2. The number of benzene rings is 1. The molecule has 1 aromatic carbocycles. The van der Waals surface area contributed by atoms with Crippen molar-refractivity contribution in [1.29, 1.82) is 0 Å². The van der Waals surface area contributed by atoms with Gasteiger partial charge < -0.3 is 15.4 Å². The van der Waals surface area contributed by atoms with E-state index < -0.39 is 15.7 Å². The summed E-state index contributed by atoms with van der Waals surface area (Å²) >= 11 is 0. The fourth-order valence-electron chi connectivity index (χ4n) is 2.68. The number of sulfone groups is 1. The van der Waals surface area contributed by atoms with Crippen molar-refractivity contribution in [3.63, 3.8) is 0 Å². The monoisotopic (exact) mass is 376 g/mol. The molecule has 0 aliphatic carbocycles. The summed E-state index contributed by atoms with van der Waals surface area (Å²) in [5, 5.41) is 5.78. The second-order valence-electron chi connectivity index (χ2n) is 5.91. The first-order valence-corrected chi connectivity index (χ1v) is 10.1. The molecule has 26 heavy (non-hydrogen) atoms. The van der Waals surface area contributed by atoms with Crippen LogP contribution in [0.25, 0.3) is 0 Å². The van der Waals surface area contributed by atoms with Crippen molar-refractivity contribution in [2.24, 2.45) is 0 Å². The van der Waals surface area contributed by atoms with Crippen LogP contribution >= 0.6 is 0 Å². The van der Waals surface area contributed by atoms with Gasteiger partial charge in [-0.1, -0.05) is 12.1 Å². The lowest BCUT2D eigenvalue weighted by Crippen LogP contribution is -2.22. The lowest BCUT2D eigenvalue weighted by Gasteiger charge is -2.12. The van der Waals surface area contributed by atoms with Gasteiger partial charge in [-0.05, 0) is 25.5 Å². The fraction of sp³-hybridized carbons (Fsp3) is 0.353. The maximum Gasteiger partial charge on any atom is 0.275 e. The van der Waals surface area contributed by atoms with Crippen LogP contribution in [0.1, 0.15) is 23.8 Å². The van der Waals surface area contributed by atoms with Crippen LogP contribution in [0.5, 0.6) is 5.75 Å². The highest BCUT2D eigenvalue weighted by molar-refractivity contribution is 7.91. The van der Waals surface area contributed by atoms with Gasteiger partial charge in [0.25, 0.3) is 5.91 Å². The van der Waals surface area contributed by atoms with E-state index >= 15 is 0 Å². The summed E-state index contributed by atoms with van der Waals surface area (Å²) < 4.78 is 28.4. The first-order chi connectivity index (χ1) is 12.5. The highest BCUT2D eigenvalue weighted by Crippen LogP contribution is 2.24. The number of amides is 1. The van der Waals surface area contributed by atoms with Gasteiger partial charge in [0.15, 0.2) is 9.84 Å². The lowest BCUT2D eigenvalue weighted by atomic mass is 10.2. The molecule has 2 N–H and O–H groups in total. The molecule has 0 saturated carbocycles. The molecule has 9 heteroatoms. The van der Waals surface area contributed by atoms with Gasteiger partial charge in [0.1, 0.15) is 17.3 Å². The van der Waals surface area contributed by atoms with E-state index in [-0.39, 0.29) is 23.2 Å². The number of carbonyl (C=O) groups is 1. The Balaban J connectivity index is 1.64. The molecule has 1 aliphatic heterocycles. The van der Waals surface area contributed by atoms with E-state index in [4.69, 9.17) is 4.74 Å². The zero-order valence-electron chi connectivity index (χ0n) is 14.3. The SMILES string of the molecule is CCOc1ccccc1NC(=O)c1cnc(NC2CCS(=O)(=O)C2)cn1. The number of anilines is 2. The summed E-state index contributed by atoms with van der Waals surface area (Å²) in [7, 11) is -2.97. The van der Waals surface area contributed by atoms with Crippen molar-refractivity contribution < 1.29 is 17.9 Å². The molecule has 1 atom stereocenters. The Bertz CT molecular complexity index is 884. The molecule has 1 aliphatic rings. The predicted molar refractivity (Wildman–Crippen MR) is 98.3 cm³/mol. The predicted octanol–water partition coefficient (Wildman–Crippen LogP) is 1.73. The Labute approximate surface area is 151 Å². The van der Waals surface area contributed by atoms with Gasteiger partial charge in [-0.15, -0.1) is 0 Å². The summed E-state index contributed by atoms with van der Waals surface area (Å²) in [5.74, 6) is 0.887. The molecule has 0 radical (unpaired) electrons. The van der Waals surface area contributed by atoms with E-state index in [1.807, 2.05) is 13.0 Å². The van der Waals surface area contributed by atoms with Gasteiger partial charge in [-0.25, -0.2) is 18.4 Å². The molecule has 1 fully saturated rings. The molecule has 1 saturated heterocycles. The van der Waals surface area contributed by atoms with Crippen LogP contribution < -0.4 is 15.4 Å². The van der Waals surface area contributed by atoms with Gasteiger partial charge in [-0.2, -0.15) is 0 Å². The molecule has 8 nitrogen and oxygen atoms in total. The highest BCUT2D eigenvalue weighted by atomic mass is 32.2. The largest absolute Gasteiger partial charge is 0.492 e. The van der Waals surface area contributed by atoms with Crippen molar-refractivity contribution in [2.75, 3.05) is 28.7 Å². The van der Waals surface area contributed by atoms with E-state index in [0.29, 0.717) is 30.3 Å². The molecule has 2 heterocycles. The first-order valence-electron chi connectivity index (χ1n) is 8.29. The van der Waals surface area contributed by atoms with E-state index in [0.717, 1.165) is 0 Å². The average Bonchev–Trinajstić information content (AvgIpc) is 2.96. The second kappa shape index (κ2) is 7.69. The molecule has 1 amide bonds. The molecule has 138 valence electrons. The first kappa shape index (κ1) is 18.1. The van der Waals surface area contributed by atoms with Gasteiger partial charge in [0.2, 0.25) is 0 Å². The van der Waals surface area contributed by atoms with Gasteiger partial charge >= 0.3 is 0 Å². The number of carbonyl (C=O) groups excluding carboxylic acids is 1. The molecular formula is C17H20N4O4S. The number of ether oxygens (including phenoxy) is 1.